The Kier molecular flexibility index (Phi) is 4.93. The molecule has 2 aromatic carbocycles. The smallest absolute Gasteiger partial charge is 0.258 e. The number of benzene rings is 2. The van der Waals surface area contributed by atoms with Crippen LogP contribution in [0.4, 0.5) is 11.4 Å². The van der Waals surface area contributed by atoms with Crippen molar-refractivity contribution in [2.24, 2.45) is 0 Å². The van der Waals surface area contributed by atoms with Crippen LogP contribution >= 0.6 is 0 Å². The van der Waals surface area contributed by atoms with E-state index in [-0.39, 0.29) is 23.6 Å². The van der Waals surface area contributed by atoms with Crippen LogP contribution in [0, 0.1) is 27.7 Å². The summed E-state index contributed by atoms with van der Waals surface area (Å²) in [5, 5.41) is 0. The molecule has 0 atom stereocenters. The molecule has 156 valence electrons. The number of hydrogen-bond donors (Lipinski definition) is 0. The number of imide groups is 2. The van der Waals surface area contributed by atoms with E-state index in [2.05, 4.69) is 0 Å². The summed E-state index contributed by atoms with van der Waals surface area (Å²) >= 11 is 0. The van der Waals surface area contributed by atoms with Crippen LogP contribution in [0.3, 0.4) is 0 Å². The minimum Gasteiger partial charge on any atom is -0.269 e. The fraction of sp³-hybridized carbons (Fsp3) is 0.200. The number of hydrogen-bond acceptors (Lipinski definition) is 4. The van der Waals surface area contributed by atoms with Crippen LogP contribution in [0.1, 0.15) is 33.4 Å². The van der Waals surface area contributed by atoms with Crippen molar-refractivity contribution in [3.63, 3.8) is 0 Å². The van der Waals surface area contributed by atoms with Gasteiger partial charge in [0.15, 0.2) is 0 Å². The predicted molar refractivity (Wildman–Crippen MR) is 118 cm³/mol. The van der Waals surface area contributed by atoms with Crippen molar-refractivity contribution in [3.8, 4) is 0 Å². The minimum atomic E-state index is -0.331. The lowest BCUT2D eigenvalue weighted by molar-refractivity contribution is -0.121. The first-order chi connectivity index (χ1) is 14.7. The van der Waals surface area contributed by atoms with Crippen molar-refractivity contribution in [1.82, 2.24) is 0 Å². The van der Waals surface area contributed by atoms with Gasteiger partial charge in [0, 0.05) is 24.3 Å². The molecule has 2 heterocycles. The molecule has 0 N–H and O–H groups in total. The van der Waals surface area contributed by atoms with Gasteiger partial charge in [-0.15, -0.1) is 0 Å². The van der Waals surface area contributed by atoms with Gasteiger partial charge >= 0.3 is 0 Å². The van der Waals surface area contributed by atoms with Crippen molar-refractivity contribution in [2.75, 3.05) is 9.80 Å². The van der Waals surface area contributed by atoms with Gasteiger partial charge in [-0.25, -0.2) is 9.80 Å². The Hall–Kier alpha value is -3.80. The molecule has 0 aliphatic carbocycles. The van der Waals surface area contributed by atoms with E-state index < -0.39 is 0 Å². The van der Waals surface area contributed by atoms with Gasteiger partial charge in [0.25, 0.3) is 23.6 Å². The Morgan fingerprint density at radius 1 is 0.516 bits per heavy atom. The zero-order valence-corrected chi connectivity index (χ0v) is 17.9. The largest absolute Gasteiger partial charge is 0.269 e. The van der Waals surface area contributed by atoms with Crippen LogP contribution in [-0.4, -0.2) is 23.6 Å². The second kappa shape index (κ2) is 7.47. The molecular formula is C25H22N2O4. The third kappa shape index (κ3) is 3.50. The van der Waals surface area contributed by atoms with Crippen molar-refractivity contribution in [2.45, 2.75) is 34.1 Å². The summed E-state index contributed by atoms with van der Waals surface area (Å²) in [7, 11) is 0. The van der Waals surface area contributed by atoms with E-state index in [1.165, 1.54) is 34.1 Å². The highest BCUT2D eigenvalue weighted by molar-refractivity contribution is 6.29. The summed E-state index contributed by atoms with van der Waals surface area (Å²) in [5.74, 6) is -1.32. The van der Waals surface area contributed by atoms with Gasteiger partial charge in [-0.1, -0.05) is 12.1 Å². The average Bonchev–Trinajstić information content (AvgIpc) is 3.21. The normalized spacial score (nSPS) is 15.7. The highest BCUT2D eigenvalue weighted by atomic mass is 16.2. The zero-order valence-electron chi connectivity index (χ0n) is 17.9. The number of anilines is 2. The summed E-state index contributed by atoms with van der Waals surface area (Å²) in [4.78, 5) is 50.6. The molecule has 0 unspecified atom stereocenters. The number of carbonyl (C=O) groups is 4. The highest BCUT2D eigenvalue weighted by Crippen LogP contribution is 2.31. The van der Waals surface area contributed by atoms with E-state index >= 15 is 0 Å². The molecule has 0 aromatic heterocycles. The van der Waals surface area contributed by atoms with Gasteiger partial charge in [0.1, 0.15) is 0 Å². The summed E-state index contributed by atoms with van der Waals surface area (Å²) < 4.78 is 0. The molecule has 6 nitrogen and oxygen atoms in total. The Morgan fingerprint density at radius 2 is 0.839 bits per heavy atom. The Bertz CT molecular complexity index is 1110. The number of aryl methyl sites for hydroxylation is 4. The fourth-order valence-corrected chi connectivity index (χ4v) is 4.06. The van der Waals surface area contributed by atoms with Crippen LogP contribution in [0.2, 0.25) is 0 Å². The van der Waals surface area contributed by atoms with Gasteiger partial charge in [-0.2, -0.15) is 0 Å². The van der Waals surface area contributed by atoms with Crippen molar-refractivity contribution in [1.29, 1.82) is 0 Å². The van der Waals surface area contributed by atoms with Crippen molar-refractivity contribution in [3.05, 3.63) is 82.0 Å². The number of carbonyl (C=O) groups excluding carboxylic acids is 4. The molecule has 31 heavy (non-hydrogen) atoms. The molecule has 2 aliphatic heterocycles. The van der Waals surface area contributed by atoms with Crippen LogP contribution < -0.4 is 9.80 Å². The van der Waals surface area contributed by atoms with E-state index in [0.717, 1.165) is 33.4 Å². The van der Waals surface area contributed by atoms with Gasteiger partial charge in [0.2, 0.25) is 0 Å². The number of rotatable bonds is 4. The molecule has 0 spiro atoms. The lowest BCUT2D eigenvalue weighted by Gasteiger charge is -2.21. The fourth-order valence-electron chi connectivity index (χ4n) is 4.06. The molecule has 0 saturated heterocycles. The summed E-state index contributed by atoms with van der Waals surface area (Å²) in [6, 6.07) is 7.75. The monoisotopic (exact) mass is 414 g/mol. The van der Waals surface area contributed by atoms with Crippen molar-refractivity contribution < 1.29 is 19.2 Å². The van der Waals surface area contributed by atoms with Crippen LogP contribution in [0.25, 0.3) is 0 Å². The standard InChI is InChI=1S/C25H22N2O4/c1-14-11-20(26-22(28)5-6-23(26)29)16(3)9-18(14)13-19-10-17(4)21(12-15(19)2)27-24(30)7-8-25(27)31/h5-12H,13H2,1-4H3. The Balaban J connectivity index is 1.65. The van der Waals surface area contributed by atoms with E-state index in [1.54, 1.807) is 0 Å². The SMILES string of the molecule is Cc1cc(N2C(=O)C=CC2=O)c(C)cc1Cc1cc(C)c(N2C(=O)C=CC2=O)cc1C. The molecule has 2 aromatic rings. The van der Waals surface area contributed by atoms with Crippen LogP contribution in [0.15, 0.2) is 48.6 Å². The van der Waals surface area contributed by atoms with Crippen LogP contribution in [0.5, 0.6) is 0 Å². The predicted octanol–water partition coefficient (Wildman–Crippen LogP) is 3.37. The molecule has 0 saturated carbocycles. The summed E-state index contributed by atoms with van der Waals surface area (Å²) in [6.45, 7) is 7.69. The first-order valence-electron chi connectivity index (χ1n) is 10.00. The molecule has 0 fully saturated rings. The molecular weight excluding hydrogens is 392 g/mol. The summed E-state index contributed by atoms with van der Waals surface area (Å²) in [5.41, 5.74) is 7.00. The van der Waals surface area contributed by atoms with Gasteiger partial charge < -0.3 is 0 Å². The summed E-state index contributed by atoms with van der Waals surface area (Å²) in [6.07, 6.45) is 5.78. The lowest BCUT2D eigenvalue weighted by atomic mass is 9.93. The maximum absolute atomic E-state index is 12.1. The molecule has 2 aliphatic rings. The van der Waals surface area contributed by atoms with E-state index in [4.69, 9.17) is 0 Å². The first kappa shape index (κ1) is 20.5. The highest BCUT2D eigenvalue weighted by Gasteiger charge is 2.28. The zero-order chi connectivity index (χ0) is 22.4. The number of amides is 4. The maximum Gasteiger partial charge on any atom is 0.258 e. The van der Waals surface area contributed by atoms with Gasteiger partial charge in [-0.3, -0.25) is 19.2 Å². The molecule has 4 rings (SSSR count). The second-order valence-corrected chi connectivity index (χ2v) is 8.00. The molecule has 6 heteroatoms. The van der Waals surface area contributed by atoms with E-state index in [9.17, 15) is 19.2 Å². The molecule has 4 amide bonds. The van der Waals surface area contributed by atoms with E-state index in [0.29, 0.717) is 17.8 Å². The average molecular weight is 414 g/mol. The van der Waals surface area contributed by atoms with Gasteiger partial charge in [-0.05, 0) is 79.6 Å². The quantitative estimate of drug-likeness (QED) is 0.719. The third-order valence-electron chi connectivity index (χ3n) is 5.79. The van der Waals surface area contributed by atoms with Gasteiger partial charge in [0.05, 0.1) is 11.4 Å². The van der Waals surface area contributed by atoms with Crippen LogP contribution in [-0.2, 0) is 25.6 Å². The van der Waals surface area contributed by atoms with E-state index in [1.807, 2.05) is 52.0 Å². The Morgan fingerprint density at radius 3 is 1.16 bits per heavy atom. The van der Waals surface area contributed by atoms with Crippen molar-refractivity contribution >= 4 is 35.0 Å². The second-order valence-electron chi connectivity index (χ2n) is 8.00. The maximum atomic E-state index is 12.1. The minimum absolute atomic E-state index is 0.331. The molecule has 0 radical (unpaired) electrons. The lowest BCUT2D eigenvalue weighted by Crippen LogP contribution is -2.30. The topological polar surface area (TPSA) is 74.8 Å². The number of nitrogens with zero attached hydrogens (tertiary/aromatic N) is 2. The first-order valence-corrected chi connectivity index (χ1v) is 10.00. The Labute approximate surface area is 180 Å². The third-order valence-corrected chi connectivity index (χ3v) is 5.79. The molecule has 0 bridgehead atoms.